The fourth-order valence-corrected chi connectivity index (χ4v) is 4.22. The molecule has 0 fully saturated rings. The number of fused-ring (bicyclic) bond motifs is 3. The van der Waals surface area contributed by atoms with Crippen LogP contribution in [0.1, 0.15) is 43.6 Å². The van der Waals surface area contributed by atoms with Gasteiger partial charge in [-0.1, -0.05) is 0 Å². The number of aromatic carboxylic acids is 1. The van der Waals surface area contributed by atoms with Crippen molar-refractivity contribution in [1.29, 1.82) is 0 Å². The summed E-state index contributed by atoms with van der Waals surface area (Å²) in [6, 6.07) is 8.79. The number of carboxylic acids is 1. The first kappa shape index (κ1) is 18.4. The standard InChI is InChI=1S/C22H21N5O3/c1-10(2)27-17-9-16-15(8-13(17)22(3,4)21(27)30)23-19(24-16)18-12-7-11(20(28)29)5-6-14(12)25-26-18/h5-10H,1-4H3,(H,23,24)(H,25,26)(H,28,29). The third-order valence-electron chi connectivity index (χ3n) is 5.84. The van der Waals surface area contributed by atoms with Gasteiger partial charge in [-0.2, -0.15) is 5.10 Å². The van der Waals surface area contributed by atoms with Crippen LogP contribution in [0.5, 0.6) is 0 Å². The van der Waals surface area contributed by atoms with E-state index in [0.717, 1.165) is 27.8 Å². The van der Waals surface area contributed by atoms with Crippen molar-refractivity contribution in [3.05, 3.63) is 41.5 Å². The number of carboxylic acid groups (broad SMARTS) is 1. The van der Waals surface area contributed by atoms with E-state index in [2.05, 4.69) is 15.2 Å². The minimum atomic E-state index is -0.995. The van der Waals surface area contributed by atoms with Crippen LogP contribution in [-0.4, -0.2) is 43.2 Å². The zero-order valence-corrected chi connectivity index (χ0v) is 17.1. The molecule has 30 heavy (non-hydrogen) atoms. The lowest BCUT2D eigenvalue weighted by Gasteiger charge is -2.24. The molecule has 0 radical (unpaired) electrons. The molecule has 3 N–H and O–H groups in total. The highest BCUT2D eigenvalue weighted by molar-refractivity contribution is 6.10. The van der Waals surface area contributed by atoms with Gasteiger partial charge in [-0.15, -0.1) is 0 Å². The van der Waals surface area contributed by atoms with Crippen molar-refractivity contribution in [2.75, 3.05) is 4.90 Å². The summed E-state index contributed by atoms with van der Waals surface area (Å²) in [6.45, 7) is 7.87. The number of hydrogen-bond donors (Lipinski definition) is 3. The summed E-state index contributed by atoms with van der Waals surface area (Å²) in [4.78, 5) is 34.1. The van der Waals surface area contributed by atoms with E-state index < -0.39 is 11.4 Å². The average molecular weight is 403 g/mol. The molecule has 0 saturated heterocycles. The summed E-state index contributed by atoms with van der Waals surface area (Å²) in [5, 5.41) is 17.3. The Balaban J connectivity index is 1.69. The minimum absolute atomic E-state index is 0.0441. The van der Waals surface area contributed by atoms with Crippen LogP contribution < -0.4 is 4.90 Å². The maximum Gasteiger partial charge on any atom is 0.335 e. The van der Waals surface area contributed by atoms with Gasteiger partial charge in [0.2, 0.25) is 5.91 Å². The van der Waals surface area contributed by atoms with Crippen molar-refractivity contribution < 1.29 is 14.7 Å². The number of carbonyl (C=O) groups is 2. The molecule has 8 nitrogen and oxygen atoms in total. The van der Waals surface area contributed by atoms with Crippen molar-refractivity contribution in [3.8, 4) is 11.5 Å². The highest BCUT2D eigenvalue weighted by Crippen LogP contribution is 2.44. The molecule has 1 aliphatic rings. The van der Waals surface area contributed by atoms with Gasteiger partial charge in [-0.25, -0.2) is 9.78 Å². The molecule has 0 aliphatic carbocycles. The molecule has 3 heterocycles. The Hall–Kier alpha value is -3.68. The van der Waals surface area contributed by atoms with Gasteiger partial charge in [0.25, 0.3) is 0 Å². The van der Waals surface area contributed by atoms with Crippen LogP contribution in [0.4, 0.5) is 5.69 Å². The number of imidazole rings is 1. The first-order chi connectivity index (χ1) is 14.2. The Morgan fingerprint density at radius 3 is 2.63 bits per heavy atom. The van der Waals surface area contributed by atoms with Gasteiger partial charge >= 0.3 is 5.97 Å². The number of nitrogens with one attached hydrogen (secondary N) is 2. The number of aromatic amines is 2. The van der Waals surface area contributed by atoms with E-state index in [1.165, 1.54) is 6.07 Å². The molecule has 152 valence electrons. The molecule has 0 unspecified atom stereocenters. The van der Waals surface area contributed by atoms with E-state index in [1.54, 1.807) is 12.1 Å². The highest BCUT2D eigenvalue weighted by Gasteiger charge is 2.45. The van der Waals surface area contributed by atoms with Crippen molar-refractivity contribution in [1.82, 2.24) is 20.2 Å². The first-order valence-electron chi connectivity index (χ1n) is 9.78. The number of benzene rings is 2. The lowest BCUT2D eigenvalue weighted by Crippen LogP contribution is -2.40. The van der Waals surface area contributed by atoms with Crippen LogP contribution in [0.2, 0.25) is 0 Å². The molecule has 5 rings (SSSR count). The second-order valence-electron chi connectivity index (χ2n) is 8.50. The Labute approximate surface area is 171 Å². The Kier molecular flexibility index (Phi) is 3.62. The average Bonchev–Trinajstić information content (AvgIpc) is 3.33. The zero-order chi connectivity index (χ0) is 21.4. The van der Waals surface area contributed by atoms with Crippen LogP contribution in [0, 0.1) is 0 Å². The predicted octanol–water partition coefficient (Wildman–Crippen LogP) is 3.84. The molecule has 0 spiro atoms. The maximum absolute atomic E-state index is 12.9. The van der Waals surface area contributed by atoms with E-state index in [4.69, 9.17) is 4.98 Å². The van der Waals surface area contributed by atoms with Gasteiger partial charge < -0.3 is 15.0 Å². The molecule has 2 aromatic carbocycles. The molecule has 0 atom stereocenters. The number of H-pyrrole nitrogens is 2. The van der Waals surface area contributed by atoms with Crippen molar-refractivity contribution in [3.63, 3.8) is 0 Å². The second-order valence-corrected chi connectivity index (χ2v) is 8.50. The quantitative estimate of drug-likeness (QED) is 0.481. The van der Waals surface area contributed by atoms with Gasteiger partial charge in [0.15, 0.2) is 5.82 Å². The second kappa shape index (κ2) is 5.91. The third kappa shape index (κ3) is 2.39. The largest absolute Gasteiger partial charge is 0.478 e. The Morgan fingerprint density at radius 1 is 1.17 bits per heavy atom. The monoisotopic (exact) mass is 403 g/mol. The summed E-state index contributed by atoms with van der Waals surface area (Å²) in [5.41, 5.74) is 4.23. The van der Waals surface area contributed by atoms with E-state index in [1.807, 2.05) is 44.7 Å². The first-order valence-corrected chi connectivity index (χ1v) is 9.78. The summed E-state index contributed by atoms with van der Waals surface area (Å²) < 4.78 is 0. The number of nitrogens with zero attached hydrogens (tertiary/aromatic N) is 3. The molecule has 0 bridgehead atoms. The van der Waals surface area contributed by atoms with Crippen LogP contribution in [0.3, 0.4) is 0 Å². The number of anilines is 1. The van der Waals surface area contributed by atoms with Gasteiger partial charge in [-0.05, 0) is 63.6 Å². The van der Waals surface area contributed by atoms with Gasteiger partial charge in [-0.3, -0.25) is 9.89 Å². The summed E-state index contributed by atoms with van der Waals surface area (Å²) in [6.07, 6.45) is 0. The highest BCUT2D eigenvalue weighted by atomic mass is 16.4. The van der Waals surface area contributed by atoms with E-state index in [9.17, 15) is 14.7 Å². The molecular formula is C22H21N5O3. The van der Waals surface area contributed by atoms with Crippen LogP contribution >= 0.6 is 0 Å². The number of rotatable bonds is 3. The lowest BCUT2D eigenvalue weighted by molar-refractivity contribution is -0.122. The maximum atomic E-state index is 12.9. The molecule has 1 amide bonds. The SMILES string of the molecule is CC(C)N1C(=O)C(C)(C)c2cc3nc(-c4n[nH]c5ccc(C(=O)O)cc45)[nH]c3cc21. The predicted molar refractivity (Wildman–Crippen MR) is 114 cm³/mol. The molecule has 8 heteroatoms. The topological polar surface area (TPSA) is 115 Å². The van der Waals surface area contributed by atoms with Crippen molar-refractivity contribution >= 4 is 39.5 Å². The number of carbonyl (C=O) groups excluding carboxylic acids is 1. The molecule has 1 aliphatic heterocycles. The van der Waals surface area contributed by atoms with E-state index in [0.29, 0.717) is 16.9 Å². The number of amides is 1. The van der Waals surface area contributed by atoms with Crippen LogP contribution in [0.25, 0.3) is 33.5 Å². The van der Waals surface area contributed by atoms with E-state index >= 15 is 0 Å². The fraction of sp³-hybridized carbons (Fsp3) is 0.273. The molecular weight excluding hydrogens is 382 g/mol. The summed E-state index contributed by atoms with van der Waals surface area (Å²) in [7, 11) is 0. The van der Waals surface area contributed by atoms with Crippen LogP contribution in [-0.2, 0) is 10.2 Å². The molecule has 4 aromatic rings. The lowest BCUT2D eigenvalue weighted by atomic mass is 9.86. The van der Waals surface area contributed by atoms with Crippen LogP contribution in [0.15, 0.2) is 30.3 Å². The third-order valence-corrected chi connectivity index (χ3v) is 5.84. The van der Waals surface area contributed by atoms with Gasteiger partial charge in [0.1, 0.15) is 5.69 Å². The smallest absolute Gasteiger partial charge is 0.335 e. The van der Waals surface area contributed by atoms with Gasteiger partial charge in [0.05, 0.1) is 33.2 Å². The summed E-state index contributed by atoms with van der Waals surface area (Å²) in [5.74, 6) is -0.367. The number of hydrogen-bond acceptors (Lipinski definition) is 4. The molecule has 0 saturated carbocycles. The Bertz CT molecular complexity index is 1360. The zero-order valence-electron chi connectivity index (χ0n) is 17.1. The van der Waals surface area contributed by atoms with Crippen molar-refractivity contribution in [2.24, 2.45) is 0 Å². The van der Waals surface area contributed by atoms with E-state index in [-0.39, 0.29) is 17.5 Å². The minimum Gasteiger partial charge on any atom is -0.478 e. The normalized spacial score (nSPS) is 15.5. The summed E-state index contributed by atoms with van der Waals surface area (Å²) >= 11 is 0. The Morgan fingerprint density at radius 2 is 1.93 bits per heavy atom. The fourth-order valence-electron chi connectivity index (χ4n) is 4.22. The van der Waals surface area contributed by atoms with Gasteiger partial charge in [0, 0.05) is 11.4 Å². The molecule has 2 aromatic heterocycles. The number of aromatic nitrogens is 4. The van der Waals surface area contributed by atoms with Crippen molar-refractivity contribution in [2.45, 2.75) is 39.2 Å².